The third-order valence-electron chi connectivity index (χ3n) is 4.91. The molecular weight excluding hydrogens is 476 g/mol. The molecule has 3 rings (SSSR count). The minimum atomic E-state index is -5.10. The summed E-state index contributed by atoms with van der Waals surface area (Å²) in [5, 5.41) is 9.78. The van der Waals surface area contributed by atoms with Crippen molar-refractivity contribution in [3.05, 3.63) is 51.7 Å². The second kappa shape index (κ2) is 9.02. The molecule has 34 heavy (non-hydrogen) atoms. The van der Waals surface area contributed by atoms with Gasteiger partial charge >= 0.3 is 18.4 Å². The van der Waals surface area contributed by atoms with Crippen molar-refractivity contribution in [1.29, 1.82) is 0 Å². The Morgan fingerprint density at radius 2 is 1.74 bits per heavy atom. The Kier molecular flexibility index (Phi) is 6.66. The molecule has 0 aliphatic carbocycles. The van der Waals surface area contributed by atoms with Gasteiger partial charge in [0.1, 0.15) is 5.56 Å². The van der Waals surface area contributed by atoms with E-state index >= 15 is 0 Å². The molecule has 9 nitrogen and oxygen atoms in total. The maximum Gasteiger partial charge on any atom is 0.421 e. The molecule has 0 radical (unpaired) electrons. The van der Waals surface area contributed by atoms with Crippen LogP contribution in [0.25, 0.3) is 0 Å². The van der Waals surface area contributed by atoms with Crippen LogP contribution in [0.2, 0.25) is 0 Å². The summed E-state index contributed by atoms with van der Waals surface area (Å²) in [5.74, 6) is -0.251. The maximum absolute atomic E-state index is 13.3. The van der Waals surface area contributed by atoms with Crippen molar-refractivity contribution in [2.24, 2.45) is 0 Å². The van der Waals surface area contributed by atoms with Gasteiger partial charge in [0, 0.05) is 32.0 Å². The van der Waals surface area contributed by atoms with Gasteiger partial charge in [0.2, 0.25) is 5.95 Å². The molecule has 0 aromatic carbocycles. The first kappa shape index (κ1) is 25.1. The molecule has 15 heteroatoms. The second-order valence-corrected chi connectivity index (χ2v) is 7.69. The number of nitrogens with zero attached hydrogens (tertiary/aromatic N) is 5. The standard InChI is InChI=1S/C19H19F6N5O4/c1-10(2)34-17(32)28-3-4-29(16-26-6-12(7-27-16)18(20,21)22)14(9-28)11-5-13(19(23,24)25)15(31)30(33)8-11/h5-8,10,14,33H,3-4,9H2,1-2H3/t14-/m0/s1. The number of rotatable bonds is 3. The lowest BCUT2D eigenvalue weighted by atomic mass is 10.0. The summed E-state index contributed by atoms with van der Waals surface area (Å²) in [6.07, 6.45) is -9.28. The average molecular weight is 495 g/mol. The summed E-state index contributed by atoms with van der Waals surface area (Å²) in [5.41, 5.74) is -4.75. The van der Waals surface area contributed by atoms with Crippen molar-refractivity contribution in [3.63, 3.8) is 0 Å². The molecule has 1 saturated heterocycles. The molecular formula is C19H19F6N5O4. The molecule has 0 bridgehead atoms. The number of hydrogen-bond acceptors (Lipinski definition) is 7. The van der Waals surface area contributed by atoms with E-state index in [0.29, 0.717) is 18.5 Å². The van der Waals surface area contributed by atoms with Crippen LogP contribution >= 0.6 is 0 Å². The summed E-state index contributed by atoms with van der Waals surface area (Å²) in [6, 6.07) is -0.654. The number of anilines is 1. The van der Waals surface area contributed by atoms with Crippen molar-refractivity contribution in [1.82, 2.24) is 19.6 Å². The Morgan fingerprint density at radius 1 is 1.12 bits per heavy atom. The van der Waals surface area contributed by atoms with Crippen LogP contribution in [-0.4, -0.2) is 56.6 Å². The summed E-state index contributed by atoms with van der Waals surface area (Å²) in [7, 11) is 0. The van der Waals surface area contributed by atoms with Crippen molar-refractivity contribution < 1.29 is 41.1 Å². The maximum atomic E-state index is 13.3. The van der Waals surface area contributed by atoms with Crippen LogP contribution in [0.4, 0.5) is 37.1 Å². The topological polar surface area (TPSA) is 101 Å². The van der Waals surface area contributed by atoms with Crippen molar-refractivity contribution >= 4 is 12.0 Å². The minimum absolute atomic E-state index is 0.00265. The Bertz CT molecular complexity index is 1100. The van der Waals surface area contributed by atoms with Gasteiger partial charge in [-0.25, -0.2) is 14.8 Å². The quantitative estimate of drug-likeness (QED) is 0.515. The normalized spacial score (nSPS) is 17.3. The van der Waals surface area contributed by atoms with Crippen LogP contribution in [0.3, 0.4) is 0 Å². The Balaban J connectivity index is 2.05. The van der Waals surface area contributed by atoms with Gasteiger partial charge in [0.15, 0.2) is 0 Å². The highest BCUT2D eigenvalue weighted by atomic mass is 19.4. The first-order valence-corrected chi connectivity index (χ1v) is 9.83. The Hall–Kier alpha value is -3.52. The number of aromatic nitrogens is 3. The first-order chi connectivity index (χ1) is 15.7. The number of halogens is 6. The van der Waals surface area contributed by atoms with Crippen LogP contribution in [-0.2, 0) is 17.1 Å². The number of piperazine rings is 1. The fraction of sp³-hybridized carbons (Fsp3) is 0.474. The van der Waals surface area contributed by atoms with E-state index in [-0.39, 0.29) is 35.9 Å². The highest BCUT2D eigenvalue weighted by Crippen LogP contribution is 2.34. The monoisotopic (exact) mass is 495 g/mol. The van der Waals surface area contributed by atoms with Crippen molar-refractivity contribution in [2.45, 2.75) is 38.3 Å². The van der Waals surface area contributed by atoms with Crippen LogP contribution in [0.5, 0.6) is 0 Å². The van der Waals surface area contributed by atoms with Gasteiger partial charge in [0.25, 0.3) is 5.56 Å². The molecule has 186 valence electrons. The SMILES string of the molecule is CC(C)OC(=O)N1CCN(c2ncc(C(F)(F)F)cn2)[C@H](c2cc(C(F)(F)F)c(=O)n(O)c2)C1. The number of ether oxygens (including phenoxy) is 1. The number of pyridine rings is 1. The smallest absolute Gasteiger partial charge is 0.421 e. The zero-order valence-corrected chi connectivity index (χ0v) is 17.8. The molecule has 0 spiro atoms. The lowest BCUT2D eigenvalue weighted by Crippen LogP contribution is -2.51. The molecule has 1 atom stereocenters. The van der Waals surface area contributed by atoms with E-state index in [1.54, 1.807) is 13.8 Å². The average Bonchev–Trinajstić information content (AvgIpc) is 2.73. The highest BCUT2D eigenvalue weighted by molar-refractivity contribution is 5.68. The molecule has 2 aromatic rings. The van der Waals surface area contributed by atoms with E-state index in [0.717, 1.165) is 6.20 Å². The molecule has 3 heterocycles. The number of hydrogen-bond donors (Lipinski definition) is 1. The number of carbonyl (C=O) groups is 1. The fourth-order valence-corrected chi connectivity index (χ4v) is 3.34. The number of carbonyl (C=O) groups excluding carboxylic acids is 1. The van der Waals surface area contributed by atoms with E-state index < -0.39 is 47.3 Å². The number of alkyl halides is 6. The summed E-state index contributed by atoms with van der Waals surface area (Å²) in [6.45, 7) is 2.82. The first-order valence-electron chi connectivity index (χ1n) is 9.83. The van der Waals surface area contributed by atoms with Gasteiger partial charge in [0.05, 0.1) is 23.9 Å². The van der Waals surface area contributed by atoms with E-state index in [4.69, 9.17) is 4.74 Å². The number of amides is 1. The highest BCUT2D eigenvalue weighted by Gasteiger charge is 2.39. The third-order valence-corrected chi connectivity index (χ3v) is 4.91. The molecule has 1 fully saturated rings. The molecule has 1 aliphatic heterocycles. The van der Waals surface area contributed by atoms with Gasteiger partial charge in [-0.3, -0.25) is 4.79 Å². The van der Waals surface area contributed by atoms with Crippen LogP contribution in [0, 0.1) is 0 Å². The minimum Gasteiger partial charge on any atom is -0.447 e. The summed E-state index contributed by atoms with van der Waals surface area (Å²) >= 11 is 0. The predicted octanol–water partition coefficient (Wildman–Crippen LogP) is 3.32. The molecule has 2 aromatic heterocycles. The molecule has 1 amide bonds. The van der Waals surface area contributed by atoms with E-state index in [1.165, 1.54) is 9.80 Å². The largest absolute Gasteiger partial charge is 0.447 e. The van der Waals surface area contributed by atoms with Crippen LogP contribution < -0.4 is 10.5 Å². The van der Waals surface area contributed by atoms with Gasteiger partial charge in [-0.05, 0) is 25.5 Å². The zero-order valence-electron chi connectivity index (χ0n) is 17.8. The molecule has 0 saturated carbocycles. The van der Waals surface area contributed by atoms with Gasteiger partial charge < -0.3 is 19.7 Å². The van der Waals surface area contributed by atoms with Crippen molar-refractivity contribution in [3.8, 4) is 0 Å². The predicted molar refractivity (Wildman–Crippen MR) is 103 cm³/mol. The van der Waals surface area contributed by atoms with Gasteiger partial charge in [-0.1, -0.05) is 0 Å². The fourth-order valence-electron chi connectivity index (χ4n) is 3.34. The third kappa shape index (κ3) is 5.34. The molecule has 1 N–H and O–H groups in total. The molecule has 0 unspecified atom stereocenters. The lowest BCUT2D eigenvalue weighted by molar-refractivity contribution is -0.140. The van der Waals surface area contributed by atoms with E-state index in [9.17, 15) is 41.1 Å². The lowest BCUT2D eigenvalue weighted by Gasteiger charge is -2.41. The zero-order chi connectivity index (χ0) is 25.4. The summed E-state index contributed by atoms with van der Waals surface area (Å²) in [4.78, 5) is 34.0. The van der Waals surface area contributed by atoms with Gasteiger partial charge in [-0.15, -0.1) is 0 Å². The second-order valence-electron chi connectivity index (χ2n) is 7.69. The Labute approximate surface area is 188 Å². The van der Waals surface area contributed by atoms with E-state index in [1.807, 2.05) is 0 Å². The van der Waals surface area contributed by atoms with Gasteiger partial charge in [-0.2, -0.15) is 31.1 Å². The Morgan fingerprint density at radius 3 is 2.26 bits per heavy atom. The van der Waals surface area contributed by atoms with E-state index in [2.05, 4.69) is 9.97 Å². The molecule has 1 aliphatic rings. The summed E-state index contributed by atoms with van der Waals surface area (Å²) < 4.78 is 83.5. The van der Waals surface area contributed by atoms with Crippen LogP contribution in [0.15, 0.2) is 29.5 Å². The van der Waals surface area contributed by atoms with Crippen LogP contribution in [0.1, 0.15) is 36.6 Å². The van der Waals surface area contributed by atoms with Crippen molar-refractivity contribution in [2.75, 3.05) is 24.5 Å².